The Morgan fingerprint density at radius 2 is 2.16 bits per heavy atom. The smallest absolute Gasteiger partial charge is 0.325 e. The van der Waals surface area contributed by atoms with Crippen LogP contribution in [0.4, 0.5) is 4.79 Å². The van der Waals surface area contributed by atoms with E-state index in [1.807, 2.05) is 24.3 Å². The summed E-state index contributed by atoms with van der Waals surface area (Å²) in [5.41, 5.74) is 0.795. The first-order valence-corrected chi connectivity index (χ1v) is 8.46. The molecule has 1 spiro atoms. The molecule has 2 aliphatic carbocycles. The monoisotopic (exact) mass is 338 g/mol. The van der Waals surface area contributed by atoms with E-state index < -0.39 is 29.4 Å². The number of amides is 4. The van der Waals surface area contributed by atoms with Crippen molar-refractivity contribution in [2.45, 2.75) is 37.3 Å². The summed E-state index contributed by atoms with van der Waals surface area (Å²) in [5, 5.41) is 14.5. The van der Waals surface area contributed by atoms with Crippen LogP contribution in [-0.2, 0) is 21.5 Å². The summed E-state index contributed by atoms with van der Waals surface area (Å²) in [6, 6.07) is 8.51. The van der Waals surface area contributed by atoms with Gasteiger partial charge in [0.05, 0.1) is 6.07 Å². The first kappa shape index (κ1) is 15.6. The van der Waals surface area contributed by atoms with Crippen molar-refractivity contribution in [1.82, 2.24) is 15.5 Å². The summed E-state index contributed by atoms with van der Waals surface area (Å²) < 4.78 is 0. The van der Waals surface area contributed by atoms with Crippen LogP contribution in [0.2, 0.25) is 0 Å². The standard InChI is InChI=1S/C18H18N4O3/c19-9-14(12-5-6-12)20-15(23)10-22-16(24)18(21-17(22)25)8-7-11-3-1-2-4-13(11)18/h1-4,12,14H,5-8,10H2,(H,20,23)(H,21,25). The van der Waals surface area contributed by atoms with E-state index >= 15 is 0 Å². The topological polar surface area (TPSA) is 102 Å². The molecular weight excluding hydrogens is 320 g/mol. The van der Waals surface area contributed by atoms with Crippen LogP contribution in [0.3, 0.4) is 0 Å². The third-order valence-electron chi connectivity index (χ3n) is 5.27. The molecular formula is C18H18N4O3. The Kier molecular flexibility index (Phi) is 3.49. The highest BCUT2D eigenvalue weighted by Gasteiger charge is 2.55. The average Bonchev–Trinajstić information content (AvgIpc) is 3.35. The number of fused-ring (bicyclic) bond motifs is 2. The minimum Gasteiger partial charge on any atom is -0.339 e. The number of nitriles is 1. The van der Waals surface area contributed by atoms with Crippen LogP contribution in [-0.4, -0.2) is 35.3 Å². The van der Waals surface area contributed by atoms with Gasteiger partial charge in [0.25, 0.3) is 5.91 Å². The van der Waals surface area contributed by atoms with E-state index in [2.05, 4.69) is 16.7 Å². The fourth-order valence-corrected chi connectivity index (χ4v) is 3.78. The van der Waals surface area contributed by atoms with E-state index in [0.717, 1.165) is 28.9 Å². The van der Waals surface area contributed by atoms with Crippen molar-refractivity contribution in [3.05, 3.63) is 35.4 Å². The van der Waals surface area contributed by atoms with E-state index in [9.17, 15) is 14.4 Å². The van der Waals surface area contributed by atoms with E-state index in [1.54, 1.807) is 0 Å². The first-order valence-electron chi connectivity index (χ1n) is 8.46. The van der Waals surface area contributed by atoms with E-state index in [4.69, 9.17) is 5.26 Å². The summed E-state index contributed by atoms with van der Waals surface area (Å²) >= 11 is 0. The van der Waals surface area contributed by atoms with Gasteiger partial charge in [-0.05, 0) is 42.7 Å². The van der Waals surface area contributed by atoms with Crippen molar-refractivity contribution >= 4 is 17.8 Å². The third-order valence-corrected chi connectivity index (χ3v) is 5.27. The molecule has 1 saturated heterocycles. The number of nitrogens with one attached hydrogen (secondary N) is 2. The Labute approximate surface area is 145 Å². The lowest BCUT2D eigenvalue weighted by Crippen LogP contribution is -2.46. The number of rotatable bonds is 4. The molecule has 0 radical (unpaired) electrons. The highest BCUT2D eigenvalue weighted by atomic mass is 16.2. The normalized spacial score (nSPS) is 25.5. The number of carbonyl (C=O) groups excluding carboxylic acids is 3. The van der Waals surface area contributed by atoms with Crippen molar-refractivity contribution < 1.29 is 14.4 Å². The lowest BCUT2D eigenvalue weighted by atomic mass is 9.92. The van der Waals surface area contributed by atoms with Gasteiger partial charge in [-0.1, -0.05) is 24.3 Å². The molecule has 4 amide bonds. The summed E-state index contributed by atoms with van der Waals surface area (Å²) in [5.74, 6) is -0.687. The fourth-order valence-electron chi connectivity index (χ4n) is 3.78. The molecule has 0 aromatic heterocycles. The predicted octanol–water partition coefficient (Wildman–Crippen LogP) is 0.798. The van der Waals surface area contributed by atoms with Gasteiger partial charge in [-0.3, -0.25) is 14.5 Å². The van der Waals surface area contributed by atoms with E-state index in [-0.39, 0.29) is 12.5 Å². The number of carbonyl (C=O) groups is 3. The summed E-state index contributed by atoms with van der Waals surface area (Å²) in [7, 11) is 0. The van der Waals surface area contributed by atoms with Gasteiger partial charge < -0.3 is 10.6 Å². The number of benzene rings is 1. The van der Waals surface area contributed by atoms with Crippen molar-refractivity contribution in [2.75, 3.05) is 6.54 Å². The van der Waals surface area contributed by atoms with Gasteiger partial charge in [-0.15, -0.1) is 0 Å². The SMILES string of the molecule is N#CC(NC(=O)CN1C(=O)NC2(CCc3ccccc32)C1=O)C1CC1. The molecule has 2 unspecified atom stereocenters. The maximum absolute atomic E-state index is 12.9. The molecule has 1 aromatic rings. The van der Waals surface area contributed by atoms with Crippen molar-refractivity contribution in [1.29, 1.82) is 5.26 Å². The van der Waals surface area contributed by atoms with Gasteiger partial charge in [0.15, 0.2) is 0 Å². The van der Waals surface area contributed by atoms with Crippen LogP contribution in [0.15, 0.2) is 24.3 Å². The number of aryl methyl sites for hydroxylation is 1. The number of hydrogen-bond donors (Lipinski definition) is 2. The molecule has 1 saturated carbocycles. The summed E-state index contributed by atoms with van der Waals surface area (Å²) in [6.45, 7) is -0.362. The lowest BCUT2D eigenvalue weighted by Gasteiger charge is -2.22. The van der Waals surface area contributed by atoms with Gasteiger partial charge >= 0.3 is 6.03 Å². The highest BCUT2D eigenvalue weighted by Crippen LogP contribution is 2.41. The Morgan fingerprint density at radius 1 is 1.40 bits per heavy atom. The van der Waals surface area contributed by atoms with E-state index in [0.29, 0.717) is 12.8 Å². The molecule has 7 heteroatoms. The minimum absolute atomic E-state index is 0.185. The molecule has 2 N–H and O–H groups in total. The van der Waals surface area contributed by atoms with Crippen molar-refractivity contribution in [2.24, 2.45) is 5.92 Å². The lowest BCUT2D eigenvalue weighted by molar-refractivity contribution is -0.135. The zero-order valence-electron chi connectivity index (χ0n) is 13.6. The van der Waals surface area contributed by atoms with Crippen molar-refractivity contribution in [3.8, 4) is 6.07 Å². The molecule has 1 aliphatic heterocycles. The Bertz CT molecular complexity index is 811. The molecule has 128 valence electrons. The van der Waals surface area contributed by atoms with Gasteiger partial charge in [0.2, 0.25) is 5.91 Å². The van der Waals surface area contributed by atoms with Gasteiger partial charge in [-0.25, -0.2) is 4.79 Å². The molecule has 1 heterocycles. The second kappa shape index (κ2) is 5.59. The fraction of sp³-hybridized carbons (Fsp3) is 0.444. The highest BCUT2D eigenvalue weighted by molar-refractivity contribution is 6.09. The summed E-state index contributed by atoms with van der Waals surface area (Å²) in [6.07, 6.45) is 3.04. The van der Waals surface area contributed by atoms with Crippen LogP contribution < -0.4 is 10.6 Å². The third kappa shape index (κ3) is 2.45. The molecule has 2 fully saturated rings. The first-order chi connectivity index (χ1) is 12.0. The number of urea groups is 1. The van der Waals surface area contributed by atoms with E-state index in [1.165, 1.54) is 0 Å². The zero-order valence-corrected chi connectivity index (χ0v) is 13.6. The van der Waals surface area contributed by atoms with Crippen LogP contribution in [0.25, 0.3) is 0 Å². The molecule has 4 rings (SSSR count). The van der Waals surface area contributed by atoms with Crippen LogP contribution in [0, 0.1) is 17.2 Å². The largest absolute Gasteiger partial charge is 0.339 e. The molecule has 2 atom stereocenters. The Morgan fingerprint density at radius 3 is 2.88 bits per heavy atom. The predicted molar refractivity (Wildman–Crippen MR) is 87.0 cm³/mol. The Hall–Kier alpha value is -2.88. The van der Waals surface area contributed by atoms with Gasteiger partial charge in [-0.2, -0.15) is 5.26 Å². The molecule has 3 aliphatic rings. The van der Waals surface area contributed by atoms with Crippen molar-refractivity contribution in [3.63, 3.8) is 0 Å². The zero-order chi connectivity index (χ0) is 17.6. The maximum Gasteiger partial charge on any atom is 0.325 e. The summed E-state index contributed by atoms with van der Waals surface area (Å²) in [4.78, 5) is 38.4. The van der Waals surface area contributed by atoms with Gasteiger partial charge in [0.1, 0.15) is 18.1 Å². The van der Waals surface area contributed by atoms with Crippen LogP contribution >= 0.6 is 0 Å². The number of imide groups is 1. The average molecular weight is 338 g/mol. The minimum atomic E-state index is -1.06. The van der Waals surface area contributed by atoms with Gasteiger partial charge in [0, 0.05) is 0 Å². The Balaban J connectivity index is 1.51. The molecule has 25 heavy (non-hydrogen) atoms. The van der Waals surface area contributed by atoms with Crippen LogP contribution in [0.5, 0.6) is 0 Å². The second-order valence-corrected chi connectivity index (χ2v) is 6.90. The number of hydrogen-bond acceptors (Lipinski definition) is 4. The molecule has 7 nitrogen and oxygen atoms in total. The quantitative estimate of drug-likeness (QED) is 0.793. The molecule has 0 bridgehead atoms. The molecule has 1 aromatic carbocycles. The number of nitrogens with zero attached hydrogens (tertiary/aromatic N) is 2. The maximum atomic E-state index is 12.9. The second-order valence-electron chi connectivity index (χ2n) is 6.90. The van der Waals surface area contributed by atoms with Crippen LogP contribution in [0.1, 0.15) is 30.4 Å².